The van der Waals surface area contributed by atoms with Gasteiger partial charge in [-0.3, -0.25) is 0 Å². The van der Waals surface area contributed by atoms with Crippen molar-refractivity contribution in [1.82, 2.24) is 0 Å². The van der Waals surface area contributed by atoms with Gasteiger partial charge < -0.3 is 4.74 Å². The summed E-state index contributed by atoms with van der Waals surface area (Å²) >= 11 is 11.5. The summed E-state index contributed by atoms with van der Waals surface area (Å²) in [5.74, 6) is -0.151. The maximum Gasteiger partial charge on any atom is 0.363 e. The second-order valence-electron chi connectivity index (χ2n) is 4.52. The van der Waals surface area contributed by atoms with Crippen LogP contribution in [0.3, 0.4) is 0 Å². The van der Waals surface area contributed by atoms with Gasteiger partial charge in [0.05, 0.1) is 0 Å². The molecule has 0 amide bonds. The summed E-state index contributed by atoms with van der Waals surface area (Å²) in [5.41, 5.74) is 1.86. The highest BCUT2D eigenvalue weighted by atomic mass is 127. The van der Waals surface area contributed by atoms with E-state index in [9.17, 15) is 4.79 Å². The van der Waals surface area contributed by atoms with Crippen LogP contribution in [0, 0.1) is 3.57 Å². The number of esters is 1. The first-order chi connectivity index (χ1) is 10.5. The Morgan fingerprint density at radius 3 is 2.59 bits per heavy atom. The monoisotopic (exact) mass is 487 g/mol. The molecule has 0 bridgehead atoms. The number of carbonyl (C=O) groups is 1. The van der Waals surface area contributed by atoms with Gasteiger partial charge >= 0.3 is 5.97 Å². The molecule has 0 atom stereocenters. The first-order valence-corrected chi connectivity index (χ1v) is 8.51. The molecule has 0 N–H and O–H groups in total. The van der Waals surface area contributed by atoms with E-state index < -0.39 is 5.97 Å². The van der Waals surface area contributed by atoms with Crippen molar-refractivity contribution in [3.05, 3.63) is 72.4 Å². The van der Waals surface area contributed by atoms with E-state index in [1.165, 1.54) is 0 Å². The first-order valence-electron chi connectivity index (χ1n) is 6.26. The molecule has 0 aliphatic carbocycles. The van der Waals surface area contributed by atoms with Crippen molar-refractivity contribution in [2.24, 2.45) is 4.99 Å². The van der Waals surface area contributed by atoms with Gasteiger partial charge in [0.15, 0.2) is 5.70 Å². The standard InChI is InChI=1S/C16H8BrClINO2/c17-12-8-10(3-6-13(12)19)15-20-14(16(21)22-15)7-9-1-4-11(18)5-2-9/h1-8H/b14-7-. The van der Waals surface area contributed by atoms with Crippen molar-refractivity contribution in [2.45, 2.75) is 0 Å². The fraction of sp³-hybridized carbons (Fsp3) is 0. The predicted molar refractivity (Wildman–Crippen MR) is 98.9 cm³/mol. The lowest BCUT2D eigenvalue weighted by Crippen LogP contribution is -2.05. The molecule has 6 heteroatoms. The lowest BCUT2D eigenvalue weighted by Gasteiger charge is -2.01. The van der Waals surface area contributed by atoms with Crippen LogP contribution in [0.5, 0.6) is 0 Å². The van der Waals surface area contributed by atoms with Crippen LogP contribution in [0.4, 0.5) is 0 Å². The number of nitrogens with zero attached hydrogens (tertiary/aromatic N) is 1. The number of rotatable bonds is 2. The molecule has 3 rings (SSSR count). The van der Waals surface area contributed by atoms with E-state index in [-0.39, 0.29) is 5.70 Å². The van der Waals surface area contributed by atoms with E-state index in [0.717, 1.165) is 19.2 Å². The maximum atomic E-state index is 11.9. The fourth-order valence-corrected chi connectivity index (χ4v) is 2.72. The molecule has 1 aliphatic rings. The summed E-state index contributed by atoms with van der Waals surface area (Å²) in [5, 5.41) is 0.643. The Balaban J connectivity index is 1.94. The number of cyclic esters (lactones) is 1. The first kappa shape index (κ1) is 15.7. The summed E-state index contributed by atoms with van der Waals surface area (Å²) < 4.78 is 7.25. The van der Waals surface area contributed by atoms with Crippen LogP contribution < -0.4 is 0 Å². The summed E-state index contributed by atoms with van der Waals surface area (Å²) in [6, 6.07) is 12.8. The quantitative estimate of drug-likeness (QED) is 0.337. The molecule has 2 aromatic carbocycles. The van der Waals surface area contributed by atoms with Crippen molar-refractivity contribution in [1.29, 1.82) is 0 Å². The van der Waals surface area contributed by atoms with Crippen molar-refractivity contribution >= 4 is 68.1 Å². The zero-order chi connectivity index (χ0) is 15.7. The molecule has 0 spiro atoms. The lowest BCUT2D eigenvalue weighted by atomic mass is 10.2. The molecule has 1 heterocycles. The summed E-state index contributed by atoms with van der Waals surface area (Å²) in [6.45, 7) is 0. The Morgan fingerprint density at radius 1 is 1.18 bits per heavy atom. The number of hydrogen-bond acceptors (Lipinski definition) is 3. The maximum absolute atomic E-state index is 11.9. The van der Waals surface area contributed by atoms with Gasteiger partial charge in [0, 0.05) is 18.6 Å². The zero-order valence-corrected chi connectivity index (χ0v) is 15.5. The normalized spacial score (nSPS) is 15.9. The van der Waals surface area contributed by atoms with E-state index >= 15 is 0 Å². The van der Waals surface area contributed by atoms with Crippen molar-refractivity contribution in [3.8, 4) is 0 Å². The molecule has 0 unspecified atom stereocenters. The Hall–Kier alpha value is -1.18. The van der Waals surface area contributed by atoms with Crippen molar-refractivity contribution < 1.29 is 9.53 Å². The number of hydrogen-bond donors (Lipinski definition) is 0. The number of benzene rings is 2. The van der Waals surface area contributed by atoms with Crippen LogP contribution in [0.15, 0.2) is 57.6 Å². The average Bonchev–Trinajstić information content (AvgIpc) is 2.85. The molecule has 0 fully saturated rings. The van der Waals surface area contributed by atoms with Gasteiger partial charge in [-0.25, -0.2) is 9.79 Å². The van der Waals surface area contributed by atoms with Gasteiger partial charge in [-0.05, 0) is 80.5 Å². The minimum atomic E-state index is -0.459. The number of aliphatic imine (C=N–C) groups is 1. The minimum Gasteiger partial charge on any atom is -0.402 e. The van der Waals surface area contributed by atoms with Crippen LogP contribution in [0.25, 0.3) is 6.08 Å². The van der Waals surface area contributed by atoms with Gasteiger partial charge in [-0.15, -0.1) is 0 Å². The zero-order valence-electron chi connectivity index (χ0n) is 11.0. The van der Waals surface area contributed by atoms with Gasteiger partial charge in [0.2, 0.25) is 5.90 Å². The van der Waals surface area contributed by atoms with Crippen molar-refractivity contribution in [2.75, 3.05) is 0 Å². The third-order valence-corrected chi connectivity index (χ3v) is 5.55. The Kier molecular flexibility index (Phi) is 4.65. The summed E-state index contributed by atoms with van der Waals surface area (Å²) in [6.07, 6.45) is 1.67. The van der Waals surface area contributed by atoms with E-state index in [4.69, 9.17) is 16.3 Å². The highest BCUT2D eigenvalue weighted by Crippen LogP contribution is 2.24. The van der Waals surface area contributed by atoms with Gasteiger partial charge in [0.25, 0.3) is 0 Å². The SMILES string of the molecule is O=C1OC(c2ccc(I)c(Br)c2)=N/C1=C\c1ccc(Cl)cc1. The van der Waals surface area contributed by atoms with Crippen LogP contribution in [0.1, 0.15) is 11.1 Å². The topological polar surface area (TPSA) is 38.7 Å². The van der Waals surface area contributed by atoms with Gasteiger partial charge in [-0.1, -0.05) is 23.7 Å². The van der Waals surface area contributed by atoms with E-state index in [1.54, 1.807) is 18.2 Å². The molecule has 0 aromatic heterocycles. The molecule has 22 heavy (non-hydrogen) atoms. The van der Waals surface area contributed by atoms with Crippen LogP contribution in [-0.4, -0.2) is 11.9 Å². The van der Waals surface area contributed by atoms with Crippen LogP contribution >= 0.6 is 50.1 Å². The third kappa shape index (κ3) is 3.42. The van der Waals surface area contributed by atoms with Crippen LogP contribution in [-0.2, 0) is 9.53 Å². The largest absolute Gasteiger partial charge is 0.402 e. The summed E-state index contributed by atoms with van der Waals surface area (Å²) in [4.78, 5) is 16.2. The highest BCUT2D eigenvalue weighted by molar-refractivity contribution is 14.1. The molecule has 0 saturated heterocycles. The van der Waals surface area contributed by atoms with Gasteiger partial charge in [0.1, 0.15) is 0 Å². The lowest BCUT2D eigenvalue weighted by molar-refractivity contribution is -0.129. The third-order valence-electron chi connectivity index (χ3n) is 2.96. The number of carbonyl (C=O) groups excluding carboxylic acids is 1. The molecule has 0 saturated carbocycles. The summed E-state index contributed by atoms with van der Waals surface area (Å²) in [7, 11) is 0. The second kappa shape index (κ2) is 6.52. The van der Waals surface area contributed by atoms with E-state index in [0.29, 0.717) is 10.9 Å². The molecule has 2 aromatic rings. The Labute approximate surface area is 154 Å². The second-order valence-corrected chi connectivity index (χ2v) is 6.97. The Morgan fingerprint density at radius 2 is 1.91 bits per heavy atom. The number of halogens is 3. The molecular formula is C16H8BrClINO2. The molecule has 1 aliphatic heterocycles. The number of ether oxygens (including phenoxy) is 1. The molecule has 110 valence electrons. The fourth-order valence-electron chi connectivity index (χ4n) is 1.88. The smallest absolute Gasteiger partial charge is 0.363 e. The van der Waals surface area contributed by atoms with Crippen molar-refractivity contribution in [3.63, 3.8) is 0 Å². The molecular weight excluding hydrogens is 480 g/mol. The van der Waals surface area contributed by atoms with E-state index in [1.807, 2.05) is 30.3 Å². The average molecular weight is 489 g/mol. The Bertz CT molecular complexity index is 815. The predicted octanol–water partition coefficient (Wildman–Crippen LogP) is 5.05. The highest BCUT2D eigenvalue weighted by Gasteiger charge is 2.24. The van der Waals surface area contributed by atoms with E-state index in [2.05, 4.69) is 43.5 Å². The molecule has 0 radical (unpaired) electrons. The molecule has 3 nitrogen and oxygen atoms in total. The van der Waals surface area contributed by atoms with Crippen LogP contribution in [0.2, 0.25) is 5.02 Å². The van der Waals surface area contributed by atoms with Gasteiger partial charge in [-0.2, -0.15) is 0 Å². The minimum absolute atomic E-state index is 0.270.